The molecule has 2 atom stereocenters. The van der Waals surface area contributed by atoms with Gasteiger partial charge in [0.25, 0.3) is 0 Å². The van der Waals surface area contributed by atoms with E-state index in [0.29, 0.717) is 31.5 Å². The van der Waals surface area contributed by atoms with Crippen LogP contribution in [0.4, 0.5) is 4.79 Å². The molecular formula is C22H28N6O3S. The number of carbonyl (C=O) groups excluding carboxylic acids is 1. The quantitative estimate of drug-likeness (QED) is 0.571. The molecule has 0 saturated carbocycles. The maximum Gasteiger partial charge on any atom is 0.410 e. The number of likely N-dealkylation sites (tertiary alicyclic amines) is 1. The predicted molar refractivity (Wildman–Crippen MR) is 120 cm³/mol. The molecule has 3 aromatic rings. The Morgan fingerprint density at radius 1 is 1.25 bits per heavy atom. The van der Waals surface area contributed by atoms with Crippen LogP contribution in [0.5, 0.6) is 5.75 Å². The average Bonchev–Trinajstić information content (AvgIpc) is 3.44. The van der Waals surface area contributed by atoms with Crippen LogP contribution in [0, 0.1) is 5.92 Å². The van der Waals surface area contributed by atoms with Gasteiger partial charge in [0.1, 0.15) is 24.3 Å². The zero-order chi connectivity index (χ0) is 22.7. The van der Waals surface area contributed by atoms with E-state index in [-0.39, 0.29) is 6.09 Å². The largest absolute Gasteiger partial charge is 0.487 e. The average molecular weight is 457 g/mol. The number of tetrazole rings is 1. The molecule has 4 rings (SSSR count). The van der Waals surface area contributed by atoms with Gasteiger partial charge in [0.15, 0.2) is 0 Å². The summed E-state index contributed by atoms with van der Waals surface area (Å²) < 4.78 is 13.0. The first-order valence-electron chi connectivity index (χ1n) is 10.7. The third kappa shape index (κ3) is 5.42. The predicted octanol–water partition coefficient (Wildman–Crippen LogP) is 4.06. The maximum atomic E-state index is 12.4. The number of ether oxygens (including phenoxy) is 2. The first-order valence-corrected chi connectivity index (χ1v) is 11.5. The van der Waals surface area contributed by atoms with E-state index >= 15 is 0 Å². The van der Waals surface area contributed by atoms with E-state index in [1.54, 1.807) is 22.3 Å². The van der Waals surface area contributed by atoms with Crippen LogP contribution in [0.15, 0.2) is 36.0 Å². The Labute approximate surface area is 191 Å². The summed E-state index contributed by atoms with van der Waals surface area (Å²) in [6, 6.07) is 7.58. The third-order valence-corrected chi connectivity index (χ3v) is 6.31. The van der Waals surface area contributed by atoms with Crippen molar-refractivity contribution in [1.82, 2.24) is 30.1 Å². The summed E-state index contributed by atoms with van der Waals surface area (Å²) in [6.07, 6.45) is 2.19. The molecule has 32 heavy (non-hydrogen) atoms. The number of nitrogens with zero attached hydrogens (tertiary/aromatic N) is 6. The molecule has 0 N–H and O–H groups in total. The standard InChI is InChI=1S/C22H28N6O3S/c1-15-11-27(21(29)31-22(2,3)4)10-9-19(15)20-24-16(13-32-20)12-30-18-7-5-17(6-8-18)28-14-23-25-26-28/h5-8,13-15,19H,9-12H2,1-4H3/t15-,19+/m0/s1. The molecule has 10 heteroatoms. The highest BCUT2D eigenvalue weighted by Gasteiger charge is 2.33. The van der Waals surface area contributed by atoms with E-state index in [1.807, 2.05) is 49.9 Å². The highest BCUT2D eigenvalue weighted by atomic mass is 32.1. The Morgan fingerprint density at radius 3 is 2.69 bits per heavy atom. The van der Waals surface area contributed by atoms with E-state index in [2.05, 4.69) is 27.8 Å². The lowest BCUT2D eigenvalue weighted by Gasteiger charge is -2.36. The summed E-state index contributed by atoms with van der Waals surface area (Å²) in [4.78, 5) is 19.0. The molecular weight excluding hydrogens is 428 g/mol. The minimum absolute atomic E-state index is 0.234. The molecule has 2 aromatic heterocycles. The topological polar surface area (TPSA) is 95.3 Å². The Bertz CT molecular complexity index is 1030. The number of aromatic nitrogens is 5. The zero-order valence-corrected chi connectivity index (χ0v) is 19.6. The van der Waals surface area contributed by atoms with E-state index in [1.165, 1.54) is 0 Å². The molecule has 0 radical (unpaired) electrons. The number of piperidine rings is 1. The fraction of sp³-hybridized carbons (Fsp3) is 0.500. The monoisotopic (exact) mass is 456 g/mol. The molecule has 1 saturated heterocycles. The molecule has 1 amide bonds. The zero-order valence-electron chi connectivity index (χ0n) is 18.8. The Balaban J connectivity index is 1.30. The van der Waals surface area contributed by atoms with Crippen molar-refractivity contribution >= 4 is 17.4 Å². The molecule has 0 aliphatic carbocycles. The van der Waals surface area contributed by atoms with Crippen molar-refractivity contribution in [2.45, 2.75) is 52.2 Å². The van der Waals surface area contributed by atoms with Crippen LogP contribution in [0.25, 0.3) is 5.69 Å². The SMILES string of the molecule is C[C@H]1CN(C(=O)OC(C)(C)C)CC[C@H]1c1nc(COc2ccc(-n3cnnn3)cc2)cs1. The second-order valence-electron chi connectivity index (χ2n) is 9.01. The second-order valence-corrected chi connectivity index (χ2v) is 9.90. The fourth-order valence-corrected chi connectivity index (χ4v) is 4.77. The van der Waals surface area contributed by atoms with E-state index in [9.17, 15) is 4.79 Å². The number of hydrogen-bond acceptors (Lipinski definition) is 8. The van der Waals surface area contributed by atoms with Gasteiger partial charge in [-0.15, -0.1) is 16.4 Å². The van der Waals surface area contributed by atoms with Gasteiger partial charge in [-0.25, -0.2) is 14.5 Å². The fourth-order valence-electron chi connectivity index (χ4n) is 3.70. The summed E-state index contributed by atoms with van der Waals surface area (Å²) >= 11 is 1.66. The van der Waals surface area contributed by atoms with Crippen molar-refractivity contribution < 1.29 is 14.3 Å². The van der Waals surface area contributed by atoms with Gasteiger partial charge in [-0.3, -0.25) is 0 Å². The smallest absolute Gasteiger partial charge is 0.410 e. The highest BCUT2D eigenvalue weighted by molar-refractivity contribution is 7.09. The van der Waals surface area contributed by atoms with Gasteiger partial charge in [0.05, 0.1) is 16.4 Å². The van der Waals surface area contributed by atoms with Crippen molar-refractivity contribution in [2.75, 3.05) is 13.1 Å². The number of amides is 1. The van der Waals surface area contributed by atoms with Crippen LogP contribution in [0.1, 0.15) is 50.7 Å². The summed E-state index contributed by atoms with van der Waals surface area (Å²) in [5, 5.41) is 14.3. The summed E-state index contributed by atoms with van der Waals surface area (Å²) in [5.74, 6) is 1.41. The first kappa shape index (κ1) is 22.2. The van der Waals surface area contributed by atoms with Gasteiger partial charge in [-0.2, -0.15) is 0 Å². The van der Waals surface area contributed by atoms with E-state index in [0.717, 1.165) is 28.6 Å². The number of benzene rings is 1. The second kappa shape index (κ2) is 9.23. The Morgan fingerprint density at radius 2 is 2.03 bits per heavy atom. The van der Waals surface area contributed by atoms with Gasteiger partial charge in [0, 0.05) is 24.4 Å². The lowest BCUT2D eigenvalue weighted by molar-refractivity contribution is 0.0155. The van der Waals surface area contributed by atoms with Gasteiger partial charge in [0.2, 0.25) is 0 Å². The molecule has 1 aromatic carbocycles. The van der Waals surface area contributed by atoms with Gasteiger partial charge in [-0.1, -0.05) is 6.92 Å². The molecule has 170 valence electrons. The van der Waals surface area contributed by atoms with E-state index in [4.69, 9.17) is 14.5 Å². The molecule has 1 aliphatic rings. The molecule has 3 heterocycles. The van der Waals surface area contributed by atoms with Gasteiger partial charge in [-0.05, 0) is 67.8 Å². The number of rotatable bonds is 5. The Hall–Kier alpha value is -3.01. The molecule has 0 spiro atoms. The number of hydrogen-bond donors (Lipinski definition) is 0. The van der Waals surface area contributed by atoms with Crippen molar-refractivity contribution in [3.63, 3.8) is 0 Å². The summed E-state index contributed by atoms with van der Waals surface area (Å²) in [6.45, 7) is 9.62. The molecule has 9 nitrogen and oxygen atoms in total. The molecule has 1 fully saturated rings. The molecule has 0 bridgehead atoms. The highest BCUT2D eigenvalue weighted by Crippen LogP contribution is 2.35. The summed E-state index contributed by atoms with van der Waals surface area (Å²) in [5.41, 5.74) is 1.30. The van der Waals surface area contributed by atoms with Crippen LogP contribution in [0.2, 0.25) is 0 Å². The van der Waals surface area contributed by atoms with Crippen molar-refractivity contribution in [3.8, 4) is 11.4 Å². The minimum Gasteiger partial charge on any atom is -0.487 e. The number of thiazole rings is 1. The lowest BCUT2D eigenvalue weighted by Crippen LogP contribution is -2.44. The van der Waals surface area contributed by atoms with Crippen LogP contribution in [-0.4, -0.2) is 54.9 Å². The minimum atomic E-state index is -0.477. The van der Waals surface area contributed by atoms with E-state index < -0.39 is 5.60 Å². The number of carbonyl (C=O) groups is 1. The summed E-state index contributed by atoms with van der Waals surface area (Å²) in [7, 11) is 0. The van der Waals surface area contributed by atoms with Crippen LogP contribution < -0.4 is 4.74 Å². The lowest BCUT2D eigenvalue weighted by atomic mass is 9.87. The molecule has 0 unspecified atom stereocenters. The third-order valence-electron chi connectivity index (χ3n) is 5.28. The molecule has 1 aliphatic heterocycles. The van der Waals surface area contributed by atoms with Crippen molar-refractivity contribution in [1.29, 1.82) is 0 Å². The van der Waals surface area contributed by atoms with Crippen LogP contribution >= 0.6 is 11.3 Å². The van der Waals surface area contributed by atoms with Crippen molar-refractivity contribution in [3.05, 3.63) is 46.7 Å². The van der Waals surface area contributed by atoms with Gasteiger partial charge < -0.3 is 14.4 Å². The Kier molecular flexibility index (Phi) is 6.40. The normalized spacial score (nSPS) is 19.1. The van der Waals surface area contributed by atoms with Crippen LogP contribution in [0.3, 0.4) is 0 Å². The van der Waals surface area contributed by atoms with Crippen LogP contribution in [-0.2, 0) is 11.3 Å². The van der Waals surface area contributed by atoms with Gasteiger partial charge >= 0.3 is 6.09 Å². The maximum absolute atomic E-state index is 12.4. The van der Waals surface area contributed by atoms with Crippen molar-refractivity contribution in [2.24, 2.45) is 5.92 Å². The first-order chi connectivity index (χ1) is 15.3.